The first-order valence-electron chi connectivity index (χ1n) is 10.3. The van der Waals surface area contributed by atoms with Crippen LogP contribution in [0, 0.1) is 6.92 Å². The van der Waals surface area contributed by atoms with Crippen molar-refractivity contribution in [1.29, 1.82) is 0 Å². The lowest BCUT2D eigenvalue weighted by Crippen LogP contribution is -2.01. The van der Waals surface area contributed by atoms with E-state index in [1.54, 1.807) is 23.7 Å². The van der Waals surface area contributed by atoms with Gasteiger partial charge >= 0.3 is 0 Å². The van der Waals surface area contributed by atoms with Crippen LogP contribution >= 0.6 is 11.3 Å². The van der Waals surface area contributed by atoms with Gasteiger partial charge in [0, 0.05) is 35.5 Å². The zero-order chi connectivity index (χ0) is 20.8. The van der Waals surface area contributed by atoms with Gasteiger partial charge in [0.05, 0.1) is 32.6 Å². The Hall–Kier alpha value is -3.58. The van der Waals surface area contributed by atoms with Gasteiger partial charge in [-0.15, -0.1) is 11.3 Å². The molecule has 2 N–H and O–H groups in total. The first-order valence-corrected chi connectivity index (χ1v) is 11.2. The minimum Gasteiger partial charge on any atom is -0.340 e. The quantitative estimate of drug-likeness (QED) is 0.344. The van der Waals surface area contributed by atoms with Gasteiger partial charge in [-0.1, -0.05) is 0 Å². The van der Waals surface area contributed by atoms with E-state index in [0.29, 0.717) is 5.92 Å². The zero-order valence-corrected chi connectivity index (χ0v) is 17.8. The molecule has 1 aliphatic rings. The maximum Gasteiger partial charge on any atom is 0.142 e. The molecule has 1 aliphatic carbocycles. The van der Waals surface area contributed by atoms with E-state index in [4.69, 9.17) is 9.97 Å². The van der Waals surface area contributed by atoms with Crippen LogP contribution in [0.3, 0.4) is 0 Å². The van der Waals surface area contributed by atoms with Gasteiger partial charge in [-0.05, 0) is 61.7 Å². The van der Waals surface area contributed by atoms with E-state index in [1.807, 2.05) is 37.4 Å². The summed E-state index contributed by atoms with van der Waals surface area (Å²) in [5.41, 5.74) is 4.97. The second-order valence-electron chi connectivity index (χ2n) is 7.88. The number of fused-ring (bicyclic) bond motifs is 2. The minimum atomic E-state index is 0.671. The average molecular weight is 425 g/mol. The molecule has 4 heterocycles. The lowest BCUT2D eigenvalue weighted by molar-refractivity contribution is 1.10. The Balaban J connectivity index is 1.38. The smallest absolute Gasteiger partial charge is 0.142 e. The van der Waals surface area contributed by atoms with Gasteiger partial charge < -0.3 is 10.6 Å². The largest absolute Gasteiger partial charge is 0.340 e. The van der Waals surface area contributed by atoms with Gasteiger partial charge in [0.1, 0.15) is 11.6 Å². The lowest BCUT2D eigenvalue weighted by Gasteiger charge is -2.13. The molecule has 7 heteroatoms. The van der Waals surface area contributed by atoms with Crippen LogP contribution in [0.4, 0.5) is 23.0 Å². The molecule has 6 rings (SSSR count). The molecular weight excluding hydrogens is 404 g/mol. The molecule has 0 bridgehead atoms. The molecule has 0 radical (unpaired) electrons. The molecule has 0 unspecified atom stereocenters. The van der Waals surface area contributed by atoms with Crippen LogP contribution in [-0.2, 0) is 0 Å². The summed E-state index contributed by atoms with van der Waals surface area (Å²) in [7, 11) is 0. The number of aryl methyl sites for hydroxylation is 1. The van der Waals surface area contributed by atoms with E-state index >= 15 is 0 Å². The average Bonchev–Trinajstić information content (AvgIpc) is 3.55. The van der Waals surface area contributed by atoms with E-state index in [0.717, 1.165) is 45.0 Å². The monoisotopic (exact) mass is 424 g/mol. The number of rotatable bonds is 5. The Labute approximate surface area is 183 Å². The molecule has 0 saturated heterocycles. The molecule has 0 amide bonds. The van der Waals surface area contributed by atoms with Crippen LogP contribution in [-0.4, -0.2) is 19.9 Å². The maximum atomic E-state index is 4.85. The summed E-state index contributed by atoms with van der Waals surface area (Å²) in [5, 5.41) is 9.12. The SMILES string of the molecule is Cc1ccncc1Nc1cc2ncccc2c(Nc2ccc3nc(C4CC4)sc3c2)n1. The summed E-state index contributed by atoms with van der Waals surface area (Å²) in [6, 6.07) is 14.2. The fourth-order valence-corrected chi connectivity index (χ4v) is 4.81. The van der Waals surface area contributed by atoms with Gasteiger partial charge in [-0.25, -0.2) is 9.97 Å². The van der Waals surface area contributed by atoms with E-state index in [-0.39, 0.29) is 0 Å². The molecule has 6 nitrogen and oxygen atoms in total. The van der Waals surface area contributed by atoms with E-state index in [9.17, 15) is 0 Å². The van der Waals surface area contributed by atoms with Crippen LogP contribution < -0.4 is 10.6 Å². The van der Waals surface area contributed by atoms with Crippen LogP contribution in [0.1, 0.15) is 29.3 Å². The molecule has 1 aromatic carbocycles. The summed E-state index contributed by atoms with van der Waals surface area (Å²) in [6.45, 7) is 2.04. The summed E-state index contributed by atoms with van der Waals surface area (Å²) in [5.74, 6) is 2.16. The van der Waals surface area contributed by atoms with Crippen LogP contribution in [0.2, 0.25) is 0 Å². The second-order valence-corrected chi connectivity index (χ2v) is 8.94. The number of nitrogens with one attached hydrogen (secondary N) is 2. The topological polar surface area (TPSA) is 75.6 Å². The van der Waals surface area contributed by atoms with Crippen molar-refractivity contribution in [1.82, 2.24) is 19.9 Å². The Kier molecular flexibility index (Phi) is 4.28. The van der Waals surface area contributed by atoms with Crippen molar-refractivity contribution >= 4 is 55.5 Å². The number of hydrogen-bond donors (Lipinski definition) is 2. The van der Waals surface area contributed by atoms with Crippen LogP contribution in [0.5, 0.6) is 0 Å². The third kappa shape index (κ3) is 3.57. The summed E-state index contributed by atoms with van der Waals surface area (Å²) in [6.07, 6.45) is 7.93. The molecule has 0 aliphatic heterocycles. The highest BCUT2D eigenvalue weighted by Crippen LogP contribution is 2.43. The van der Waals surface area contributed by atoms with Gasteiger partial charge in [0.2, 0.25) is 0 Å². The Morgan fingerprint density at radius 2 is 1.90 bits per heavy atom. The Morgan fingerprint density at radius 3 is 2.77 bits per heavy atom. The van der Waals surface area contributed by atoms with Crippen LogP contribution in [0.15, 0.2) is 61.1 Å². The van der Waals surface area contributed by atoms with Crippen molar-refractivity contribution in [2.45, 2.75) is 25.7 Å². The van der Waals surface area contributed by atoms with Gasteiger partial charge in [0.25, 0.3) is 0 Å². The molecule has 5 aromatic rings. The predicted octanol–water partition coefficient (Wildman–Crippen LogP) is 6.31. The number of aromatic nitrogens is 4. The fourth-order valence-electron chi connectivity index (χ4n) is 3.63. The maximum absolute atomic E-state index is 4.85. The molecule has 1 saturated carbocycles. The predicted molar refractivity (Wildman–Crippen MR) is 127 cm³/mol. The number of hydrogen-bond acceptors (Lipinski definition) is 7. The Morgan fingerprint density at radius 1 is 0.968 bits per heavy atom. The van der Waals surface area contributed by atoms with Crippen LogP contribution in [0.25, 0.3) is 21.1 Å². The third-order valence-corrected chi connectivity index (χ3v) is 6.68. The van der Waals surface area contributed by atoms with Gasteiger partial charge in [0.15, 0.2) is 0 Å². The lowest BCUT2D eigenvalue weighted by atomic mass is 10.2. The highest BCUT2D eigenvalue weighted by Gasteiger charge is 2.27. The van der Waals surface area contributed by atoms with Crippen molar-refractivity contribution in [3.63, 3.8) is 0 Å². The van der Waals surface area contributed by atoms with Crippen molar-refractivity contribution in [2.24, 2.45) is 0 Å². The molecular formula is C24H20N6S. The van der Waals surface area contributed by atoms with E-state index in [1.165, 1.54) is 22.5 Å². The van der Waals surface area contributed by atoms with E-state index < -0.39 is 0 Å². The normalized spacial score (nSPS) is 13.6. The minimum absolute atomic E-state index is 0.671. The van der Waals surface area contributed by atoms with E-state index in [2.05, 4.69) is 38.8 Å². The molecule has 0 atom stereocenters. The summed E-state index contributed by atoms with van der Waals surface area (Å²) < 4.78 is 1.20. The number of nitrogens with zero attached hydrogens (tertiary/aromatic N) is 4. The highest BCUT2D eigenvalue weighted by molar-refractivity contribution is 7.18. The molecule has 31 heavy (non-hydrogen) atoms. The number of pyridine rings is 3. The molecule has 0 spiro atoms. The Bertz CT molecular complexity index is 1420. The molecule has 1 fully saturated rings. The second kappa shape index (κ2) is 7.28. The van der Waals surface area contributed by atoms with Crippen molar-refractivity contribution in [3.8, 4) is 0 Å². The van der Waals surface area contributed by atoms with Crippen molar-refractivity contribution in [2.75, 3.05) is 10.6 Å². The molecule has 152 valence electrons. The van der Waals surface area contributed by atoms with Gasteiger partial charge in [-0.2, -0.15) is 0 Å². The first-order chi connectivity index (χ1) is 15.2. The highest BCUT2D eigenvalue weighted by atomic mass is 32.1. The molecule has 4 aromatic heterocycles. The zero-order valence-electron chi connectivity index (χ0n) is 17.0. The van der Waals surface area contributed by atoms with Crippen molar-refractivity contribution < 1.29 is 0 Å². The van der Waals surface area contributed by atoms with Gasteiger partial charge in [-0.3, -0.25) is 9.97 Å². The van der Waals surface area contributed by atoms with Crippen molar-refractivity contribution in [3.05, 3.63) is 71.6 Å². The standard InChI is InChI=1S/C24H20N6S/c1-14-8-10-25-13-20(14)28-22-12-19-17(3-2-9-26-19)23(30-22)27-16-6-7-18-21(11-16)31-24(29-18)15-4-5-15/h2-3,6-13,15H,4-5H2,1H3,(H2,27,28,30). The number of anilines is 4. The number of thiazole rings is 1. The summed E-state index contributed by atoms with van der Waals surface area (Å²) >= 11 is 1.80. The third-order valence-electron chi connectivity index (χ3n) is 5.50. The fraction of sp³-hybridized carbons (Fsp3) is 0.167. The summed E-state index contributed by atoms with van der Waals surface area (Å²) in [4.78, 5) is 18.4. The first kappa shape index (κ1) is 18.2. The number of benzene rings is 1.